The molecule has 28 heavy (non-hydrogen) atoms. The Kier molecular flexibility index (Phi) is 4.37. The number of fused-ring (bicyclic) bond motifs is 1. The topological polar surface area (TPSA) is 48.1 Å². The van der Waals surface area contributed by atoms with Crippen LogP contribution in [0.1, 0.15) is 0 Å². The molecule has 0 bridgehead atoms. The van der Waals surface area contributed by atoms with Gasteiger partial charge in [-0.15, -0.1) is 0 Å². The molecule has 1 saturated heterocycles. The van der Waals surface area contributed by atoms with Crippen molar-refractivity contribution in [3.05, 3.63) is 72.1 Å². The first-order valence-corrected chi connectivity index (χ1v) is 9.80. The minimum absolute atomic E-state index is 0.724. The van der Waals surface area contributed by atoms with Crippen LogP contribution in [0.15, 0.2) is 67.1 Å². The monoisotopic (exact) mass is 389 g/mol. The van der Waals surface area contributed by atoms with Gasteiger partial charge in [0.15, 0.2) is 0 Å². The van der Waals surface area contributed by atoms with E-state index >= 15 is 0 Å². The molecule has 0 atom stereocenters. The first-order chi connectivity index (χ1) is 13.8. The summed E-state index contributed by atoms with van der Waals surface area (Å²) >= 11 is 6.22. The maximum Gasteiger partial charge on any atom is 0.143 e. The van der Waals surface area contributed by atoms with Gasteiger partial charge in [0.2, 0.25) is 0 Å². The molecule has 5 rings (SSSR count). The molecular weight excluding hydrogens is 370 g/mol. The molecule has 0 spiro atoms. The van der Waals surface area contributed by atoms with Gasteiger partial charge in [-0.1, -0.05) is 41.9 Å². The lowest BCUT2D eigenvalue weighted by Gasteiger charge is -2.37. The Morgan fingerprint density at radius 3 is 2.43 bits per heavy atom. The smallest absolute Gasteiger partial charge is 0.143 e. The second-order valence-corrected chi connectivity index (χ2v) is 7.38. The minimum atomic E-state index is 0.724. The molecule has 0 amide bonds. The number of aromatic nitrogens is 3. The quantitative estimate of drug-likeness (QED) is 0.556. The van der Waals surface area contributed by atoms with Crippen LogP contribution in [0.4, 0.5) is 11.5 Å². The van der Waals surface area contributed by atoms with Gasteiger partial charge in [0.25, 0.3) is 0 Å². The third-order valence-electron chi connectivity index (χ3n) is 5.29. The fraction of sp³-hybridized carbons (Fsp3) is 0.182. The highest BCUT2D eigenvalue weighted by molar-refractivity contribution is 6.31. The van der Waals surface area contributed by atoms with Gasteiger partial charge >= 0.3 is 0 Å². The van der Waals surface area contributed by atoms with Crippen molar-refractivity contribution in [1.82, 2.24) is 15.0 Å². The number of piperazine rings is 1. The van der Waals surface area contributed by atoms with Crippen LogP contribution in [0, 0.1) is 0 Å². The largest absolute Gasteiger partial charge is 0.368 e. The number of hydrogen-bond acceptors (Lipinski definition) is 4. The maximum absolute atomic E-state index is 6.22. The Bertz CT molecular complexity index is 1100. The molecule has 2 aromatic heterocycles. The van der Waals surface area contributed by atoms with E-state index in [0.717, 1.165) is 59.2 Å². The normalized spacial score (nSPS) is 14.6. The van der Waals surface area contributed by atoms with Crippen LogP contribution in [0.25, 0.3) is 22.2 Å². The number of nitrogens with zero attached hydrogens (tertiary/aromatic N) is 4. The van der Waals surface area contributed by atoms with Gasteiger partial charge in [-0.25, -0.2) is 9.97 Å². The number of halogens is 1. The number of para-hydroxylation sites is 1. The highest BCUT2D eigenvalue weighted by Gasteiger charge is 2.22. The molecule has 1 fully saturated rings. The van der Waals surface area contributed by atoms with E-state index in [1.165, 1.54) is 5.69 Å². The zero-order valence-corrected chi connectivity index (χ0v) is 16.1. The van der Waals surface area contributed by atoms with Gasteiger partial charge in [-0.2, -0.15) is 0 Å². The molecular formula is C22H20ClN5. The van der Waals surface area contributed by atoms with Crippen molar-refractivity contribution in [2.75, 3.05) is 36.0 Å². The number of hydrogen-bond donors (Lipinski definition) is 1. The highest BCUT2D eigenvalue weighted by Crippen LogP contribution is 2.35. The van der Waals surface area contributed by atoms with Crippen molar-refractivity contribution >= 4 is 34.1 Å². The summed E-state index contributed by atoms with van der Waals surface area (Å²) in [6.07, 6.45) is 3.63. The van der Waals surface area contributed by atoms with Crippen LogP contribution in [0.5, 0.6) is 0 Å². The highest BCUT2D eigenvalue weighted by atomic mass is 35.5. The van der Waals surface area contributed by atoms with Crippen molar-refractivity contribution in [2.45, 2.75) is 0 Å². The van der Waals surface area contributed by atoms with Gasteiger partial charge < -0.3 is 14.8 Å². The summed E-state index contributed by atoms with van der Waals surface area (Å²) in [6, 6.07) is 18.5. The molecule has 6 heteroatoms. The van der Waals surface area contributed by atoms with Crippen LogP contribution in [0.2, 0.25) is 5.02 Å². The van der Waals surface area contributed by atoms with E-state index in [2.05, 4.69) is 61.1 Å². The molecule has 0 radical (unpaired) electrons. The second kappa shape index (κ2) is 7.17. The van der Waals surface area contributed by atoms with Crippen molar-refractivity contribution in [3.8, 4) is 11.1 Å². The van der Waals surface area contributed by atoms with Crippen LogP contribution < -0.4 is 9.80 Å². The Balaban J connectivity index is 1.48. The molecule has 1 aliphatic rings. The van der Waals surface area contributed by atoms with Crippen molar-refractivity contribution in [2.24, 2.45) is 0 Å². The summed E-state index contributed by atoms with van der Waals surface area (Å²) in [7, 11) is 0. The summed E-state index contributed by atoms with van der Waals surface area (Å²) in [6.45, 7) is 3.77. The summed E-state index contributed by atoms with van der Waals surface area (Å²) < 4.78 is 0. The first kappa shape index (κ1) is 17.1. The van der Waals surface area contributed by atoms with E-state index in [1.54, 1.807) is 6.33 Å². The minimum Gasteiger partial charge on any atom is -0.368 e. The molecule has 4 aromatic rings. The lowest BCUT2D eigenvalue weighted by molar-refractivity contribution is 0.649. The van der Waals surface area contributed by atoms with Crippen LogP contribution >= 0.6 is 11.6 Å². The van der Waals surface area contributed by atoms with E-state index < -0.39 is 0 Å². The van der Waals surface area contributed by atoms with Crippen LogP contribution in [-0.2, 0) is 0 Å². The molecule has 140 valence electrons. The molecule has 0 unspecified atom stereocenters. The average molecular weight is 390 g/mol. The van der Waals surface area contributed by atoms with Gasteiger partial charge in [0.1, 0.15) is 17.8 Å². The van der Waals surface area contributed by atoms with E-state index in [0.29, 0.717) is 0 Å². The second-order valence-electron chi connectivity index (χ2n) is 6.94. The van der Waals surface area contributed by atoms with Crippen molar-refractivity contribution < 1.29 is 0 Å². The van der Waals surface area contributed by atoms with Crippen molar-refractivity contribution in [3.63, 3.8) is 0 Å². The first-order valence-electron chi connectivity index (χ1n) is 9.42. The Hall–Kier alpha value is -3.05. The number of anilines is 2. The van der Waals surface area contributed by atoms with E-state index in [1.807, 2.05) is 24.4 Å². The molecule has 1 N–H and O–H groups in total. The molecule has 0 aliphatic carbocycles. The SMILES string of the molecule is Clc1cccc(-c2c[nH]c3ncnc(N4CCN(c5ccccc5)CC4)c23)c1. The zero-order valence-electron chi connectivity index (χ0n) is 15.3. The van der Waals surface area contributed by atoms with Gasteiger partial charge in [0, 0.05) is 48.6 Å². The summed E-state index contributed by atoms with van der Waals surface area (Å²) in [4.78, 5) is 17.1. The lowest BCUT2D eigenvalue weighted by Crippen LogP contribution is -2.46. The van der Waals surface area contributed by atoms with Gasteiger partial charge in [-0.05, 0) is 29.8 Å². The Morgan fingerprint density at radius 1 is 0.857 bits per heavy atom. The molecule has 3 heterocycles. The molecule has 0 saturated carbocycles. The molecule has 2 aromatic carbocycles. The predicted octanol–water partition coefficient (Wildman–Crippen LogP) is 4.60. The predicted molar refractivity (Wildman–Crippen MR) is 115 cm³/mol. The Morgan fingerprint density at radius 2 is 1.64 bits per heavy atom. The zero-order chi connectivity index (χ0) is 18.9. The molecule has 1 aliphatic heterocycles. The number of benzene rings is 2. The van der Waals surface area contributed by atoms with E-state index in [4.69, 9.17) is 11.6 Å². The summed E-state index contributed by atoms with van der Waals surface area (Å²) in [5.74, 6) is 0.980. The van der Waals surface area contributed by atoms with Gasteiger partial charge in [0.05, 0.1) is 5.39 Å². The lowest BCUT2D eigenvalue weighted by atomic mass is 10.1. The fourth-order valence-electron chi connectivity index (χ4n) is 3.89. The standard InChI is InChI=1S/C22H20ClN5/c23-17-6-4-5-16(13-17)19-14-24-21-20(19)22(26-15-25-21)28-11-9-27(10-12-28)18-7-2-1-3-8-18/h1-8,13-15H,9-12H2,(H,24,25,26). The third kappa shape index (κ3) is 3.08. The molecule has 5 nitrogen and oxygen atoms in total. The maximum atomic E-state index is 6.22. The van der Waals surface area contributed by atoms with Crippen LogP contribution in [0.3, 0.4) is 0 Å². The number of aromatic amines is 1. The number of H-pyrrole nitrogens is 1. The third-order valence-corrected chi connectivity index (χ3v) is 5.52. The van der Waals surface area contributed by atoms with E-state index in [-0.39, 0.29) is 0 Å². The average Bonchev–Trinajstić information content (AvgIpc) is 3.19. The van der Waals surface area contributed by atoms with Crippen LogP contribution in [-0.4, -0.2) is 41.1 Å². The number of rotatable bonds is 3. The van der Waals surface area contributed by atoms with Gasteiger partial charge in [-0.3, -0.25) is 0 Å². The summed E-state index contributed by atoms with van der Waals surface area (Å²) in [5.41, 5.74) is 4.28. The number of nitrogens with one attached hydrogen (secondary N) is 1. The van der Waals surface area contributed by atoms with E-state index in [9.17, 15) is 0 Å². The Labute approximate surface area is 168 Å². The fourth-order valence-corrected chi connectivity index (χ4v) is 4.08. The summed E-state index contributed by atoms with van der Waals surface area (Å²) in [5, 5.41) is 1.78. The van der Waals surface area contributed by atoms with Crippen molar-refractivity contribution in [1.29, 1.82) is 0 Å².